The normalized spacial score (nSPS) is 10.5. The molecule has 0 atom stereocenters. The van der Waals surface area contributed by atoms with Crippen LogP contribution >= 0.6 is 0 Å². The first-order valence-corrected chi connectivity index (χ1v) is 4.63. The molecular weight excluding hydrogens is 195 g/mol. The van der Waals surface area contributed by atoms with Crippen LogP contribution in [0.15, 0.2) is 36.9 Å². The van der Waals surface area contributed by atoms with E-state index in [9.17, 15) is 4.39 Å². The monoisotopic (exact) mass is 206 g/mol. The lowest BCUT2D eigenvalue weighted by Crippen LogP contribution is -1.97. The van der Waals surface area contributed by atoms with E-state index >= 15 is 0 Å². The predicted octanol–water partition coefficient (Wildman–Crippen LogP) is 1.56. The maximum absolute atomic E-state index is 12.8. The van der Waals surface area contributed by atoms with Crippen LogP contribution in [0.5, 0.6) is 0 Å². The van der Waals surface area contributed by atoms with Gasteiger partial charge in [0.05, 0.1) is 12.8 Å². The second kappa shape index (κ2) is 4.23. The number of aliphatic hydroxyl groups is 1. The van der Waals surface area contributed by atoms with Gasteiger partial charge in [-0.3, -0.25) is 4.98 Å². The Bertz CT molecular complexity index is 453. The zero-order valence-electron chi connectivity index (χ0n) is 8.10. The van der Waals surface area contributed by atoms with Gasteiger partial charge in [-0.2, -0.15) is 0 Å². The van der Waals surface area contributed by atoms with Crippen molar-refractivity contribution in [2.24, 2.45) is 0 Å². The third-order valence-electron chi connectivity index (χ3n) is 2.12. The number of halogens is 1. The molecule has 0 aliphatic rings. The van der Waals surface area contributed by atoms with E-state index in [4.69, 9.17) is 5.11 Å². The molecule has 2 aromatic rings. The third-order valence-corrected chi connectivity index (χ3v) is 2.12. The molecule has 0 saturated carbocycles. The summed E-state index contributed by atoms with van der Waals surface area (Å²) < 4.78 is 14.7. The van der Waals surface area contributed by atoms with Gasteiger partial charge in [-0.25, -0.2) is 4.39 Å². The highest BCUT2D eigenvalue weighted by Crippen LogP contribution is 2.06. The molecule has 2 aromatic heterocycles. The second-order valence-corrected chi connectivity index (χ2v) is 3.36. The first kappa shape index (κ1) is 9.86. The van der Waals surface area contributed by atoms with Crippen molar-refractivity contribution in [2.45, 2.75) is 13.2 Å². The summed E-state index contributed by atoms with van der Waals surface area (Å²) in [6, 6.07) is 3.28. The van der Waals surface area contributed by atoms with Crippen LogP contribution in [0, 0.1) is 5.82 Å². The van der Waals surface area contributed by atoms with E-state index in [-0.39, 0.29) is 12.4 Å². The van der Waals surface area contributed by atoms with Gasteiger partial charge < -0.3 is 9.67 Å². The van der Waals surface area contributed by atoms with Gasteiger partial charge in [0.1, 0.15) is 5.82 Å². The number of rotatable bonds is 3. The van der Waals surface area contributed by atoms with E-state index in [1.165, 1.54) is 12.3 Å². The summed E-state index contributed by atoms with van der Waals surface area (Å²) in [5.74, 6) is -0.331. The maximum atomic E-state index is 12.8. The van der Waals surface area contributed by atoms with Crippen LogP contribution < -0.4 is 0 Å². The number of pyridine rings is 1. The Morgan fingerprint density at radius 1 is 1.33 bits per heavy atom. The van der Waals surface area contributed by atoms with E-state index in [1.807, 2.05) is 23.0 Å². The molecule has 0 fully saturated rings. The minimum absolute atomic E-state index is 0.0222. The van der Waals surface area contributed by atoms with Gasteiger partial charge >= 0.3 is 0 Å². The third kappa shape index (κ3) is 2.41. The Labute approximate surface area is 86.8 Å². The van der Waals surface area contributed by atoms with Crippen molar-refractivity contribution in [1.29, 1.82) is 0 Å². The van der Waals surface area contributed by atoms with Gasteiger partial charge in [0.25, 0.3) is 0 Å². The number of aromatic nitrogens is 2. The molecule has 0 aliphatic heterocycles. The summed E-state index contributed by atoms with van der Waals surface area (Å²) in [6.45, 7) is 0.583. The molecule has 0 aromatic carbocycles. The van der Waals surface area contributed by atoms with Crippen LogP contribution in [0.25, 0.3) is 0 Å². The van der Waals surface area contributed by atoms with E-state index in [2.05, 4.69) is 4.98 Å². The SMILES string of the molecule is OCc1ccn(Cc2cncc(F)c2)c1. The van der Waals surface area contributed by atoms with Crippen molar-refractivity contribution < 1.29 is 9.50 Å². The van der Waals surface area contributed by atoms with E-state index in [0.29, 0.717) is 6.54 Å². The quantitative estimate of drug-likeness (QED) is 0.827. The average Bonchev–Trinajstić information content (AvgIpc) is 2.65. The van der Waals surface area contributed by atoms with Crippen molar-refractivity contribution in [2.75, 3.05) is 0 Å². The molecular formula is C11H11FN2O. The summed E-state index contributed by atoms with van der Waals surface area (Å²) in [7, 11) is 0. The van der Waals surface area contributed by atoms with Gasteiger partial charge in [0, 0.05) is 25.1 Å². The summed E-state index contributed by atoms with van der Waals surface area (Å²) in [4.78, 5) is 3.77. The molecule has 15 heavy (non-hydrogen) atoms. The molecule has 0 saturated heterocycles. The second-order valence-electron chi connectivity index (χ2n) is 3.36. The van der Waals surface area contributed by atoms with Crippen molar-refractivity contribution in [1.82, 2.24) is 9.55 Å². The average molecular weight is 206 g/mol. The van der Waals surface area contributed by atoms with Crippen LogP contribution in [0.1, 0.15) is 11.1 Å². The molecule has 78 valence electrons. The van der Waals surface area contributed by atoms with E-state index < -0.39 is 0 Å². The first-order valence-electron chi connectivity index (χ1n) is 4.63. The lowest BCUT2D eigenvalue weighted by molar-refractivity contribution is 0.282. The summed E-state index contributed by atoms with van der Waals surface area (Å²) >= 11 is 0. The summed E-state index contributed by atoms with van der Waals surface area (Å²) in [5.41, 5.74) is 1.65. The minimum Gasteiger partial charge on any atom is -0.392 e. The molecule has 0 bridgehead atoms. The molecule has 0 aliphatic carbocycles. The molecule has 2 heterocycles. The molecule has 0 radical (unpaired) electrons. The van der Waals surface area contributed by atoms with Gasteiger partial charge in [-0.1, -0.05) is 0 Å². The fraction of sp³-hybridized carbons (Fsp3) is 0.182. The van der Waals surface area contributed by atoms with Crippen LogP contribution in [0.2, 0.25) is 0 Å². The first-order chi connectivity index (χ1) is 7.28. The summed E-state index contributed by atoms with van der Waals surface area (Å²) in [6.07, 6.45) is 6.47. The van der Waals surface area contributed by atoms with Crippen LogP contribution in [0.3, 0.4) is 0 Å². The highest BCUT2D eigenvalue weighted by molar-refractivity contribution is 5.14. The van der Waals surface area contributed by atoms with Gasteiger partial charge in [-0.05, 0) is 23.3 Å². The van der Waals surface area contributed by atoms with Gasteiger partial charge in [0.2, 0.25) is 0 Å². The van der Waals surface area contributed by atoms with Crippen molar-refractivity contribution in [3.63, 3.8) is 0 Å². The fourth-order valence-electron chi connectivity index (χ4n) is 1.44. The standard InChI is InChI=1S/C11H11FN2O/c12-11-3-10(4-13-5-11)7-14-2-1-9(6-14)8-15/h1-6,15H,7-8H2. The zero-order valence-corrected chi connectivity index (χ0v) is 8.10. The maximum Gasteiger partial charge on any atom is 0.141 e. The number of nitrogens with zero attached hydrogens (tertiary/aromatic N) is 2. The molecule has 3 nitrogen and oxygen atoms in total. The molecule has 4 heteroatoms. The van der Waals surface area contributed by atoms with Crippen LogP contribution in [0.4, 0.5) is 4.39 Å². The lowest BCUT2D eigenvalue weighted by atomic mass is 10.3. The molecule has 1 N–H and O–H groups in total. The minimum atomic E-state index is -0.331. The predicted molar refractivity (Wildman–Crippen MR) is 53.7 cm³/mol. The zero-order chi connectivity index (χ0) is 10.7. The fourth-order valence-corrected chi connectivity index (χ4v) is 1.44. The molecule has 0 amide bonds. The smallest absolute Gasteiger partial charge is 0.141 e. The number of aliphatic hydroxyl groups excluding tert-OH is 1. The topological polar surface area (TPSA) is 38.0 Å². The van der Waals surface area contributed by atoms with Gasteiger partial charge in [-0.15, -0.1) is 0 Å². The van der Waals surface area contributed by atoms with Gasteiger partial charge in [0.15, 0.2) is 0 Å². The van der Waals surface area contributed by atoms with E-state index in [0.717, 1.165) is 11.1 Å². The Balaban J connectivity index is 2.14. The molecule has 0 unspecified atom stereocenters. The van der Waals surface area contributed by atoms with Crippen molar-refractivity contribution in [3.05, 3.63) is 53.9 Å². The number of hydrogen-bond donors (Lipinski definition) is 1. The van der Waals surface area contributed by atoms with E-state index in [1.54, 1.807) is 6.20 Å². The Hall–Kier alpha value is -1.68. The van der Waals surface area contributed by atoms with Crippen LogP contribution in [-0.4, -0.2) is 14.7 Å². The highest BCUT2D eigenvalue weighted by atomic mass is 19.1. The largest absolute Gasteiger partial charge is 0.392 e. The highest BCUT2D eigenvalue weighted by Gasteiger charge is 1.99. The van der Waals surface area contributed by atoms with Crippen molar-refractivity contribution in [3.8, 4) is 0 Å². The lowest BCUT2D eigenvalue weighted by Gasteiger charge is -2.02. The molecule has 0 spiro atoms. The van der Waals surface area contributed by atoms with Crippen LogP contribution in [-0.2, 0) is 13.2 Å². The summed E-state index contributed by atoms with van der Waals surface area (Å²) in [5, 5.41) is 8.88. The Kier molecular flexibility index (Phi) is 2.78. The number of hydrogen-bond acceptors (Lipinski definition) is 2. The van der Waals surface area contributed by atoms with Crippen molar-refractivity contribution >= 4 is 0 Å². The Morgan fingerprint density at radius 3 is 2.87 bits per heavy atom. The Morgan fingerprint density at radius 2 is 2.20 bits per heavy atom. The molecule has 2 rings (SSSR count).